The molecule has 2 rings (SSSR count). The number of carbonyl (C=O) groups excluding carboxylic acids is 1. The first-order chi connectivity index (χ1) is 10.1. The van der Waals surface area contributed by atoms with Crippen molar-refractivity contribution < 1.29 is 14.3 Å². The third kappa shape index (κ3) is 4.70. The van der Waals surface area contributed by atoms with Crippen molar-refractivity contribution in [1.82, 2.24) is 10.2 Å². The van der Waals surface area contributed by atoms with Crippen LogP contribution in [-0.4, -0.2) is 41.8 Å². The molecule has 1 aromatic carbocycles. The molecule has 116 valence electrons. The molecule has 1 heterocycles. The Morgan fingerprint density at radius 2 is 2.19 bits per heavy atom. The number of carbonyl (C=O) groups is 1. The summed E-state index contributed by atoms with van der Waals surface area (Å²) in [4.78, 5) is 13.9. The van der Waals surface area contributed by atoms with Gasteiger partial charge in [-0.1, -0.05) is 12.1 Å². The highest BCUT2D eigenvalue weighted by molar-refractivity contribution is 5.74. The molecule has 1 unspecified atom stereocenters. The Morgan fingerprint density at radius 3 is 2.81 bits per heavy atom. The first-order valence-corrected chi connectivity index (χ1v) is 7.49. The van der Waals surface area contributed by atoms with Gasteiger partial charge >= 0.3 is 6.03 Å². The molecule has 1 aliphatic rings. The van der Waals surface area contributed by atoms with E-state index in [0.29, 0.717) is 25.4 Å². The second-order valence-electron chi connectivity index (χ2n) is 5.80. The average Bonchev–Trinajstić information content (AvgIpc) is 2.47. The van der Waals surface area contributed by atoms with Crippen LogP contribution in [0.1, 0.15) is 25.3 Å². The number of likely N-dealkylation sites (tertiary alicyclic amines) is 1. The van der Waals surface area contributed by atoms with Crippen molar-refractivity contribution in [2.24, 2.45) is 5.92 Å². The van der Waals surface area contributed by atoms with Crippen LogP contribution in [0.4, 0.5) is 9.18 Å². The van der Waals surface area contributed by atoms with Crippen LogP contribution in [0.2, 0.25) is 0 Å². The van der Waals surface area contributed by atoms with Gasteiger partial charge in [-0.25, -0.2) is 9.18 Å². The first-order valence-electron chi connectivity index (χ1n) is 7.49. The maximum absolute atomic E-state index is 13.1. The largest absolute Gasteiger partial charge is 0.396 e. The minimum absolute atomic E-state index is 0.0464. The first kappa shape index (κ1) is 15.8. The lowest BCUT2D eigenvalue weighted by molar-refractivity contribution is 0.136. The number of nitrogens with zero attached hydrogens (tertiary/aromatic N) is 1. The van der Waals surface area contributed by atoms with Crippen LogP contribution in [-0.2, 0) is 6.42 Å². The van der Waals surface area contributed by atoms with Crippen LogP contribution in [0.15, 0.2) is 24.3 Å². The van der Waals surface area contributed by atoms with E-state index in [4.69, 9.17) is 5.11 Å². The maximum Gasteiger partial charge on any atom is 0.317 e. The van der Waals surface area contributed by atoms with E-state index in [-0.39, 0.29) is 24.5 Å². The smallest absolute Gasteiger partial charge is 0.317 e. The van der Waals surface area contributed by atoms with Crippen LogP contribution >= 0.6 is 0 Å². The van der Waals surface area contributed by atoms with E-state index in [1.54, 1.807) is 11.0 Å². The van der Waals surface area contributed by atoms with Gasteiger partial charge in [0.25, 0.3) is 0 Å². The summed E-state index contributed by atoms with van der Waals surface area (Å²) in [5, 5.41) is 12.1. The molecule has 2 N–H and O–H groups in total. The number of urea groups is 1. The summed E-state index contributed by atoms with van der Waals surface area (Å²) in [6.45, 7) is 3.49. The van der Waals surface area contributed by atoms with E-state index < -0.39 is 0 Å². The second kappa shape index (κ2) is 7.41. The minimum Gasteiger partial charge on any atom is -0.396 e. The quantitative estimate of drug-likeness (QED) is 0.894. The van der Waals surface area contributed by atoms with E-state index in [9.17, 15) is 9.18 Å². The van der Waals surface area contributed by atoms with Crippen molar-refractivity contribution in [3.8, 4) is 0 Å². The molecular formula is C16H23FN2O2. The molecule has 0 aliphatic carbocycles. The van der Waals surface area contributed by atoms with E-state index in [2.05, 4.69) is 5.32 Å². The lowest BCUT2D eigenvalue weighted by Crippen LogP contribution is -2.48. The molecule has 0 bridgehead atoms. The van der Waals surface area contributed by atoms with Gasteiger partial charge in [0.1, 0.15) is 5.82 Å². The van der Waals surface area contributed by atoms with E-state index in [1.807, 2.05) is 13.0 Å². The van der Waals surface area contributed by atoms with Crippen LogP contribution in [0.3, 0.4) is 0 Å². The molecule has 0 radical (unpaired) electrons. The lowest BCUT2D eigenvalue weighted by Gasteiger charge is -2.32. The number of nitrogens with one attached hydrogen (secondary N) is 1. The van der Waals surface area contributed by atoms with E-state index in [1.165, 1.54) is 12.1 Å². The molecule has 5 heteroatoms. The number of benzene rings is 1. The predicted molar refractivity (Wildman–Crippen MR) is 79.5 cm³/mol. The summed E-state index contributed by atoms with van der Waals surface area (Å²) in [6, 6.07) is 6.33. The molecule has 21 heavy (non-hydrogen) atoms. The Labute approximate surface area is 125 Å². The predicted octanol–water partition coefficient (Wildman–Crippen LogP) is 2.17. The standard InChI is InChI=1S/C16H23FN2O2/c1-12(9-14-3-2-4-15(17)10-14)18-16(21)19-7-5-13(11-20)6-8-19/h2-4,10,12-13,20H,5-9,11H2,1H3,(H,18,21). The number of halogens is 1. The third-order valence-electron chi connectivity index (χ3n) is 3.96. The van der Waals surface area contributed by atoms with Gasteiger partial charge in [0.2, 0.25) is 0 Å². The Hall–Kier alpha value is -1.62. The van der Waals surface area contributed by atoms with Crippen LogP contribution in [0.25, 0.3) is 0 Å². The zero-order valence-electron chi connectivity index (χ0n) is 12.4. The molecule has 1 saturated heterocycles. The van der Waals surface area contributed by atoms with Crippen LogP contribution in [0.5, 0.6) is 0 Å². The fraction of sp³-hybridized carbons (Fsp3) is 0.562. The number of aliphatic hydroxyl groups is 1. The summed E-state index contributed by atoms with van der Waals surface area (Å²) in [7, 11) is 0. The van der Waals surface area contributed by atoms with Crippen molar-refractivity contribution in [1.29, 1.82) is 0 Å². The molecule has 4 nitrogen and oxygen atoms in total. The number of hydrogen-bond donors (Lipinski definition) is 2. The molecule has 0 spiro atoms. The number of rotatable bonds is 4. The molecule has 0 aromatic heterocycles. The molecular weight excluding hydrogens is 271 g/mol. The number of hydrogen-bond acceptors (Lipinski definition) is 2. The van der Waals surface area contributed by atoms with Gasteiger partial charge in [-0.15, -0.1) is 0 Å². The van der Waals surface area contributed by atoms with Crippen molar-refractivity contribution >= 4 is 6.03 Å². The Kier molecular flexibility index (Phi) is 5.56. The van der Waals surface area contributed by atoms with Gasteiger partial charge in [-0.3, -0.25) is 0 Å². The SMILES string of the molecule is CC(Cc1cccc(F)c1)NC(=O)N1CCC(CO)CC1. The monoisotopic (exact) mass is 294 g/mol. The average molecular weight is 294 g/mol. The molecule has 1 aliphatic heterocycles. The van der Waals surface area contributed by atoms with Crippen LogP contribution < -0.4 is 5.32 Å². The lowest BCUT2D eigenvalue weighted by atomic mass is 9.98. The van der Waals surface area contributed by atoms with Crippen molar-refractivity contribution in [3.05, 3.63) is 35.6 Å². The zero-order valence-corrected chi connectivity index (χ0v) is 12.4. The molecule has 2 amide bonds. The molecule has 1 fully saturated rings. The summed E-state index contributed by atoms with van der Waals surface area (Å²) in [5.74, 6) is 0.0656. The summed E-state index contributed by atoms with van der Waals surface area (Å²) in [5.41, 5.74) is 0.877. The zero-order chi connectivity index (χ0) is 15.2. The van der Waals surface area contributed by atoms with E-state index >= 15 is 0 Å². The maximum atomic E-state index is 13.1. The molecule has 0 saturated carbocycles. The van der Waals surface area contributed by atoms with Gasteiger partial charge in [-0.05, 0) is 49.8 Å². The van der Waals surface area contributed by atoms with Crippen molar-refractivity contribution in [2.75, 3.05) is 19.7 Å². The van der Waals surface area contributed by atoms with Gasteiger partial charge < -0.3 is 15.3 Å². The van der Waals surface area contributed by atoms with Gasteiger partial charge in [0.05, 0.1) is 0 Å². The second-order valence-corrected chi connectivity index (χ2v) is 5.80. The highest BCUT2D eigenvalue weighted by atomic mass is 19.1. The summed E-state index contributed by atoms with van der Waals surface area (Å²) >= 11 is 0. The Morgan fingerprint density at radius 1 is 1.48 bits per heavy atom. The Balaban J connectivity index is 1.79. The van der Waals surface area contributed by atoms with Gasteiger partial charge in [0.15, 0.2) is 0 Å². The van der Waals surface area contributed by atoms with E-state index in [0.717, 1.165) is 18.4 Å². The third-order valence-corrected chi connectivity index (χ3v) is 3.96. The fourth-order valence-electron chi connectivity index (χ4n) is 2.69. The summed E-state index contributed by atoms with van der Waals surface area (Å²) < 4.78 is 13.1. The molecule has 1 aromatic rings. The van der Waals surface area contributed by atoms with Crippen molar-refractivity contribution in [3.63, 3.8) is 0 Å². The van der Waals surface area contributed by atoms with Gasteiger partial charge in [-0.2, -0.15) is 0 Å². The van der Waals surface area contributed by atoms with Crippen molar-refractivity contribution in [2.45, 2.75) is 32.2 Å². The normalized spacial score (nSPS) is 17.6. The minimum atomic E-state index is -0.253. The van der Waals surface area contributed by atoms with Gasteiger partial charge in [0, 0.05) is 25.7 Å². The number of aliphatic hydroxyl groups excluding tert-OH is 1. The highest BCUT2D eigenvalue weighted by Gasteiger charge is 2.23. The van der Waals surface area contributed by atoms with Crippen LogP contribution in [0, 0.1) is 11.7 Å². The Bertz CT molecular complexity index is 473. The fourth-order valence-corrected chi connectivity index (χ4v) is 2.69. The number of piperidine rings is 1. The topological polar surface area (TPSA) is 52.6 Å². The summed E-state index contributed by atoms with van der Waals surface area (Å²) in [6.07, 6.45) is 2.31. The number of amides is 2. The molecule has 1 atom stereocenters. The highest BCUT2D eigenvalue weighted by Crippen LogP contribution is 2.16.